The Kier molecular flexibility index (Phi) is 4.66. The van der Waals surface area contributed by atoms with Crippen LogP contribution in [0.4, 0.5) is 8.78 Å². The molecule has 0 amide bonds. The minimum absolute atomic E-state index is 0.0786. The van der Waals surface area contributed by atoms with Gasteiger partial charge in [0, 0.05) is 24.0 Å². The quantitative estimate of drug-likeness (QED) is 0.649. The summed E-state index contributed by atoms with van der Waals surface area (Å²) < 4.78 is 26.6. The van der Waals surface area contributed by atoms with Crippen molar-refractivity contribution in [1.82, 2.24) is 15.3 Å². The van der Waals surface area contributed by atoms with E-state index >= 15 is 0 Å². The van der Waals surface area contributed by atoms with Gasteiger partial charge in [-0.2, -0.15) is 0 Å². The fourth-order valence-electron chi connectivity index (χ4n) is 1.69. The summed E-state index contributed by atoms with van der Waals surface area (Å²) in [7, 11) is 0. The Morgan fingerprint density at radius 2 is 2.16 bits per heavy atom. The van der Waals surface area contributed by atoms with Gasteiger partial charge in [-0.25, -0.2) is 13.8 Å². The van der Waals surface area contributed by atoms with Gasteiger partial charge in [-0.3, -0.25) is 0 Å². The molecule has 0 atom stereocenters. The number of hydrogen-bond acceptors (Lipinski definition) is 2. The summed E-state index contributed by atoms with van der Waals surface area (Å²) in [5.74, 6) is -1.27. The molecule has 102 valence electrons. The minimum Gasteiger partial charge on any atom is -0.341 e. The van der Waals surface area contributed by atoms with Crippen LogP contribution in [0.3, 0.4) is 0 Å². The van der Waals surface area contributed by atoms with Crippen LogP contribution in [-0.4, -0.2) is 16.5 Å². The van der Waals surface area contributed by atoms with Gasteiger partial charge >= 0.3 is 0 Å². The van der Waals surface area contributed by atoms with Gasteiger partial charge in [0.2, 0.25) is 0 Å². The van der Waals surface area contributed by atoms with Gasteiger partial charge in [-0.15, -0.1) is 0 Å². The van der Waals surface area contributed by atoms with Crippen molar-refractivity contribution in [2.75, 3.05) is 6.54 Å². The van der Waals surface area contributed by atoms with E-state index in [4.69, 9.17) is 0 Å². The number of H-pyrrole nitrogens is 1. The van der Waals surface area contributed by atoms with Gasteiger partial charge < -0.3 is 10.3 Å². The van der Waals surface area contributed by atoms with Crippen LogP contribution in [0.1, 0.15) is 19.0 Å². The molecule has 1 aromatic carbocycles. The van der Waals surface area contributed by atoms with Crippen LogP contribution in [0.5, 0.6) is 0 Å². The first-order valence-corrected chi connectivity index (χ1v) is 6.81. The summed E-state index contributed by atoms with van der Waals surface area (Å²) in [6.07, 6.45) is 2.74. The number of imidazole rings is 1. The highest BCUT2D eigenvalue weighted by atomic mass is 79.9. The lowest BCUT2D eigenvalue weighted by Gasteiger charge is -2.03. The van der Waals surface area contributed by atoms with Crippen LogP contribution in [0.15, 0.2) is 22.8 Å². The van der Waals surface area contributed by atoms with E-state index in [9.17, 15) is 8.78 Å². The Morgan fingerprint density at radius 3 is 2.89 bits per heavy atom. The molecular weight excluding hydrogens is 316 g/mol. The minimum atomic E-state index is -0.903. The number of nitrogens with zero attached hydrogens (tertiary/aromatic N) is 1. The number of nitrogens with one attached hydrogen (secondary N) is 2. The molecule has 0 fully saturated rings. The zero-order chi connectivity index (χ0) is 13.8. The molecule has 0 unspecified atom stereocenters. The number of rotatable bonds is 5. The Morgan fingerprint density at radius 1 is 1.37 bits per heavy atom. The maximum Gasteiger partial charge on any atom is 0.173 e. The molecule has 0 aliphatic heterocycles. The summed E-state index contributed by atoms with van der Waals surface area (Å²) in [6.45, 7) is 3.68. The van der Waals surface area contributed by atoms with E-state index in [1.165, 1.54) is 6.07 Å². The third-order valence-electron chi connectivity index (χ3n) is 2.66. The van der Waals surface area contributed by atoms with Gasteiger partial charge in [0.15, 0.2) is 11.6 Å². The second-order valence-electron chi connectivity index (χ2n) is 4.16. The third-order valence-corrected chi connectivity index (χ3v) is 3.44. The first-order valence-electron chi connectivity index (χ1n) is 6.02. The van der Waals surface area contributed by atoms with Crippen LogP contribution < -0.4 is 5.32 Å². The highest BCUT2D eigenvalue weighted by molar-refractivity contribution is 9.10. The smallest absolute Gasteiger partial charge is 0.173 e. The van der Waals surface area contributed by atoms with Crippen LogP contribution in [0.2, 0.25) is 0 Å². The monoisotopic (exact) mass is 329 g/mol. The van der Waals surface area contributed by atoms with Crippen LogP contribution >= 0.6 is 15.9 Å². The number of hydrogen-bond donors (Lipinski definition) is 2. The maximum atomic E-state index is 13.5. The molecule has 6 heteroatoms. The molecule has 1 heterocycles. The van der Waals surface area contributed by atoms with Crippen molar-refractivity contribution in [3.8, 4) is 11.4 Å². The molecule has 0 radical (unpaired) electrons. The number of halogens is 3. The fraction of sp³-hybridized carbons (Fsp3) is 0.308. The molecule has 0 spiro atoms. The molecule has 19 heavy (non-hydrogen) atoms. The predicted molar refractivity (Wildman–Crippen MR) is 73.6 cm³/mol. The Hall–Kier alpha value is -1.27. The Bertz CT molecular complexity index is 569. The zero-order valence-electron chi connectivity index (χ0n) is 10.4. The van der Waals surface area contributed by atoms with Crippen molar-refractivity contribution in [2.45, 2.75) is 19.9 Å². The van der Waals surface area contributed by atoms with Crippen molar-refractivity contribution in [3.05, 3.63) is 40.1 Å². The van der Waals surface area contributed by atoms with E-state index in [1.807, 2.05) is 0 Å². The van der Waals surface area contributed by atoms with Crippen LogP contribution in [-0.2, 0) is 6.54 Å². The van der Waals surface area contributed by atoms with Gasteiger partial charge in [0.1, 0.15) is 5.82 Å². The molecule has 2 aromatic rings. The van der Waals surface area contributed by atoms with E-state index in [-0.39, 0.29) is 4.47 Å². The topological polar surface area (TPSA) is 40.7 Å². The summed E-state index contributed by atoms with van der Waals surface area (Å²) in [5, 5.41) is 3.23. The molecule has 1 aromatic heterocycles. The summed E-state index contributed by atoms with van der Waals surface area (Å²) in [5.41, 5.74) is 1.40. The molecule has 2 rings (SSSR count). The molecule has 0 aliphatic carbocycles. The SMILES string of the molecule is CCCNCc1cnc(-c2ccc(F)c(F)c2Br)[nH]1. The van der Waals surface area contributed by atoms with Gasteiger partial charge in [-0.05, 0) is 41.0 Å². The molecule has 0 saturated heterocycles. The van der Waals surface area contributed by atoms with E-state index in [2.05, 4.69) is 38.1 Å². The molecule has 0 bridgehead atoms. The van der Waals surface area contributed by atoms with Gasteiger partial charge in [-0.1, -0.05) is 6.92 Å². The van der Waals surface area contributed by atoms with Crippen molar-refractivity contribution >= 4 is 15.9 Å². The highest BCUT2D eigenvalue weighted by Crippen LogP contribution is 2.29. The molecule has 0 aliphatic rings. The predicted octanol–water partition coefficient (Wildman–Crippen LogP) is 3.62. The van der Waals surface area contributed by atoms with Crippen LogP contribution in [0.25, 0.3) is 11.4 Å². The first kappa shape index (κ1) is 14.1. The zero-order valence-corrected chi connectivity index (χ0v) is 12.0. The molecular formula is C13H14BrF2N3. The molecule has 0 saturated carbocycles. The lowest BCUT2D eigenvalue weighted by Crippen LogP contribution is -2.13. The van der Waals surface area contributed by atoms with Gasteiger partial charge in [0.05, 0.1) is 4.47 Å². The standard InChI is InChI=1S/C13H14BrF2N3/c1-2-5-17-6-8-7-18-13(19-8)9-3-4-10(15)12(16)11(9)14/h3-4,7,17H,2,5-6H2,1H3,(H,18,19). The van der Waals surface area contributed by atoms with E-state index in [0.29, 0.717) is 17.9 Å². The van der Waals surface area contributed by atoms with Crippen molar-refractivity contribution in [3.63, 3.8) is 0 Å². The normalized spacial score (nSPS) is 10.9. The second-order valence-corrected chi connectivity index (χ2v) is 4.95. The fourth-order valence-corrected chi connectivity index (χ4v) is 2.20. The highest BCUT2D eigenvalue weighted by Gasteiger charge is 2.14. The van der Waals surface area contributed by atoms with E-state index < -0.39 is 11.6 Å². The van der Waals surface area contributed by atoms with Crippen molar-refractivity contribution in [1.29, 1.82) is 0 Å². The van der Waals surface area contributed by atoms with Crippen molar-refractivity contribution in [2.24, 2.45) is 0 Å². The lowest BCUT2D eigenvalue weighted by atomic mass is 10.2. The number of aromatic nitrogens is 2. The summed E-state index contributed by atoms with van der Waals surface area (Å²) in [4.78, 5) is 7.27. The van der Waals surface area contributed by atoms with Gasteiger partial charge in [0.25, 0.3) is 0 Å². The number of aromatic amines is 1. The lowest BCUT2D eigenvalue weighted by molar-refractivity contribution is 0.504. The largest absolute Gasteiger partial charge is 0.341 e. The second kappa shape index (κ2) is 6.25. The third kappa shape index (κ3) is 3.19. The Labute approximate surface area is 118 Å². The molecule has 2 N–H and O–H groups in total. The molecule has 3 nitrogen and oxygen atoms in total. The first-order chi connectivity index (χ1) is 9.13. The number of benzene rings is 1. The summed E-state index contributed by atoms with van der Waals surface area (Å²) >= 11 is 3.05. The van der Waals surface area contributed by atoms with Crippen molar-refractivity contribution < 1.29 is 8.78 Å². The summed E-state index contributed by atoms with van der Waals surface area (Å²) in [6, 6.07) is 2.58. The van der Waals surface area contributed by atoms with E-state index in [0.717, 1.165) is 24.7 Å². The van der Waals surface area contributed by atoms with E-state index in [1.54, 1.807) is 6.20 Å². The maximum absolute atomic E-state index is 13.5. The average Bonchev–Trinajstić information content (AvgIpc) is 2.85. The van der Waals surface area contributed by atoms with Crippen LogP contribution in [0, 0.1) is 11.6 Å². The average molecular weight is 330 g/mol. The Balaban J connectivity index is 2.21.